The van der Waals surface area contributed by atoms with Crippen LogP contribution in [0.3, 0.4) is 0 Å². The zero-order chi connectivity index (χ0) is 18.2. The maximum atomic E-state index is 5.89. The minimum Gasteiger partial charge on any atom is -0.384 e. The second-order valence-corrected chi connectivity index (χ2v) is 9.93. The van der Waals surface area contributed by atoms with Gasteiger partial charge in [0.15, 0.2) is 5.16 Å². The van der Waals surface area contributed by atoms with Gasteiger partial charge < -0.3 is 5.73 Å². The molecule has 4 nitrogen and oxygen atoms in total. The van der Waals surface area contributed by atoms with Crippen LogP contribution in [0.5, 0.6) is 0 Å². The van der Waals surface area contributed by atoms with Crippen LogP contribution in [-0.4, -0.2) is 21.2 Å². The molecular weight excluding hydrogens is 368 g/mol. The molecule has 25 heavy (non-hydrogen) atoms. The van der Waals surface area contributed by atoms with Crippen molar-refractivity contribution in [3.05, 3.63) is 35.0 Å². The van der Waals surface area contributed by atoms with E-state index in [0.717, 1.165) is 10.7 Å². The molecule has 0 spiro atoms. The maximum Gasteiger partial charge on any atom is 0.191 e. The summed E-state index contributed by atoms with van der Waals surface area (Å²) in [6.07, 6.45) is 3.97. The van der Waals surface area contributed by atoms with Crippen molar-refractivity contribution < 1.29 is 0 Å². The SMILES string of the molecule is CSc1cc(N)nc(SC(C)c2cc3c(C(C)(C)C)csc3cn2)n1. The maximum absolute atomic E-state index is 5.89. The molecule has 0 fully saturated rings. The zero-order valence-corrected chi connectivity index (χ0v) is 17.5. The lowest BCUT2D eigenvalue weighted by Gasteiger charge is -2.18. The monoisotopic (exact) mass is 390 g/mol. The quantitative estimate of drug-likeness (QED) is 0.358. The molecule has 0 amide bonds. The molecule has 0 saturated carbocycles. The Bertz CT molecular complexity index is 899. The molecule has 0 radical (unpaired) electrons. The Morgan fingerprint density at radius 2 is 1.96 bits per heavy atom. The fraction of sp³-hybridized carbons (Fsp3) is 0.389. The standard InChI is InChI=1S/C18H22N4S3/c1-10(25-17-21-15(19)7-16(22-17)23-5)13-6-11-12(18(2,3)4)9-24-14(11)8-20-13/h6-10H,1-5H3,(H2,19,21,22). The fourth-order valence-electron chi connectivity index (χ4n) is 2.55. The van der Waals surface area contributed by atoms with Gasteiger partial charge in [0.25, 0.3) is 0 Å². The van der Waals surface area contributed by atoms with Crippen molar-refractivity contribution in [1.29, 1.82) is 0 Å². The summed E-state index contributed by atoms with van der Waals surface area (Å²) >= 11 is 4.92. The summed E-state index contributed by atoms with van der Waals surface area (Å²) in [7, 11) is 0. The summed E-state index contributed by atoms with van der Waals surface area (Å²) in [6.45, 7) is 8.87. The molecule has 3 aromatic rings. The average molecular weight is 391 g/mol. The Hall–Kier alpha value is -1.31. The lowest BCUT2D eigenvalue weighted by molar-refractivity contribution is 0.598. The van der Waals surface area contributed by atoms with Crippen LogP contribution in [0.25, 0.3) is 10.1 Å². The van der Waals surface area contributed by atoms with Gasteiger partial charge >= 0.3 is 0 Å². The van der Waals surface area contributed by atoms with Crippen LogP contribution in [0.1, 0.15) is 44.2 Å². The average Bonchev–Trinajstić information content (AvgIpc) is 2.97. The molecule has 0 bridgehead atoms. The third kappa shape index (κ3) is 4.10. The lowest BCUT2D eigenvalue weighted by atomic mass is 9.87. The molecule has 0 aromatic carbocycles. The highest BCUT2D eigenvalue weighted by atomic mass is 32.2. The molecule has 0 saturated heterocycles. The minimum atomic E-state index is 0.123. The molecule has 1 atom stereocenters. The van der Waals surface area contributed by atoms with Crippen molar-refractivity contribution >= 4 is 50.8 Å². The molecule has 0 aliphatic rings. The van der Waals surface area contributed by atoms with E-state index in [4.69, 9.17) is 5.73 Å². The number of nitrogen functional groups attached to an aromatic ring is 1. The van der Waals surface area contributed by atoms with Gasteiger partial charge in [0.2, 0.25) is 0 Å². The predicted octanol–water partition coefficient (Wildman–Crippen LogP) is 5.54. The topological polar surface area (TPSA) is 64.7 Å². The summed E-state index contributed by atoms with van der Waals surface area (Å²) in [4.78, 5) is 13.5. The highest BCUT2D eigenvalue weighted by Gasteiger charge is 2.20. The molecule has 0 aliphatic carbocycles. The second-order valence-electron chi connectivity index (χ2n) is 6.88. The highest BCUT2D eigenvalue weighted by Crippen LogP contribution is 2.38. The summed E-state index contributed by atoms with van der Waals surface area (Å²) in [5.74, 6) is 0.505. The first-order valence-corrected chi connectivity index (χ1v) is 11.0. The molecular formula is C18H22N4S3. The number of nitrogens with zero attached hydrogens (tertiary/aromatic N) is 3. The number of pyridine rings is 1. The van der Waals surface area contributed by atoms with Crippen LogP contribution in [0, 0.1) is 0 Å². The van der Waals surface area contributed by atoms with E-state index in [0.29, 0.717) is 11.0 Å². The first-order chi connectivity index (χ1) is 11.8. The van der Waals surface area contributed by atoms with Crippen LogP contribution in [0.4, 0.5) is 5.82 Å². The number of rotatable bonds is 4. The predicted molar refractivity (Wildman–Crippen MR) is 111 cm³/mol. The van der Waals surface area contributed by atoms with Gasteiger partial charge in [-0.05, 0) is 41.0 Å². The Morgan fingerprint density at radius 3 is 2.64 bits per heavy atom. The fourth-order valence-corrected chi connectivity index (χ4v) is 5.03. The van der Waals surface area contributed by atoms with Gasteiger partial charge in [0.05, 0.1) is 15.6 Å². The Labute approximate surface area is 161 Å². The number of hydrogen-bond acceptors (Lipinski definition) is 7. The molecule has 7 heteroatoms. The number of nitrogens with two attached hydrogens (primary N) is 1. The molecule has 3 rings (SSSR count). The number of anilines is 1. The van der Waals surface area contributed by atoms with Crippen molar-refractivity contribution in [3.8, 4) is 0 Å². The van der Waals surface area contributed by atoms with Gasteiger partial charge in [0.1, 0.15) is 10.8 Å². The van der Waals surface area contributed by atoms with E-state index in [1.807, 2.05) is 12.5 Å². The zero-order valence-electron chi connectivity index (χ0n) is 15.0. The van der Waals surface area contributed by atoms with Crippen LogP contribution in [-0.2, 0) is 5.41 Å². The summed E-state index contributed by atoms with van der Waals surface area (Å²) in [5, 5.41) is 5.28. The van der Waals surface area contributed by atoms with Gasteiger partial charge in [-0.2, -0.15) is 0 Å². The minimum absolute atomic E-state index is 0.123. The highest BCUT2D eigenvalue weighted by molar-refractivity contribution is 7.99. The van der Waals surface area contributed by atoms with Crippen molar-refractivity contribution in [2.45, 2.75) is 48.5 Å². The third-order valence-electron chi connectivity index (χ3n) is 3.90. The van der Waals surface area contributed by atoms with Crippen molar-refractivity contribution in [1.82, 2.24) is 15.0 Å². The number of thiophene rings is 1. The van der Waals surface area contributed by atoms with E-state index in [9.17, 15) is 0 Å². The van der Waals surface area contributed by atoms with E-state index in [2.05, 4.69) is 54.1 Å². The Kier molecular flexibility index (Phi) is 5.27. The molecule has 2 N–H and O–H groups in total. The summed E-state index contributed by atoms with van der Waals surface area (Å²) in [5.41, 5.74) is 8.42. The van der Waals surface area contributed by atoms with Crippen LogP contribution < -0.4 is 5.73 Å². The van der Waals surface area contributed by atoms with E-state index in [1.165, 1.54) is 15.6 Å². The van der Waals surface area contributed by atoms with Gasteiger partial charge in [-0.1, -0.05) is 32.5 Å². The molecule has 3 heterocycles. The first-order valence-electron chi connectivity index (χ1n) is 8.01. The lowest BCUT2D eigenvalue weighted by Crippen LogP contribution is -2.10. The van der Waals surface area contributed by atoms with Crippen molar-refractivity contribution in [3.63, 3.8) is 0 Å². The van der Waals surface area contributed by atoms with Gasteiger partial charge in [-0.25, -0.2) is 9.97 Å². The normalized spacial score (nSPS) is 13.3. The van der Waals surface area contributed by atoms with Gasteiger partial charge in [-0.3, -0.25) is 4.98 Å². The molecule has 1 unspecified atom stereocenters. The first kappa shape index (κ1) is 18.5. The van der Waals surface area contributed by atoms with E-state index in [-0.39, 0.29) is 10.7 Å². The smallest absolute Gasteiger partial charge is 0.191 e. The Morgan fingerprint density at radius 1 is 1.20 bits per heavy atom. The Balaban J connectivity index is 1.92. The van der Waals surface area contributed by atoms with E-state index >= 15 is 0 Å². The van der Waals surface area contributed by atoms with Crippen molar-refractivity contribution in [2.24, 2.45) is 0 Å². The second kappa shape index (κ2) is 7.13. The molecule has 3 aromatic heterocycles. The largest absolute Gasteiger partial charge is 0.384 e. The molecule has 0 aliphatic heterocycles. The van der Waals surface area contributed by atoms with Gasteiger partial charge in [-0.15, -0.1) is 23.1 Å². The number of thioether (sulfide) groups is 2. The summed E-state index contributed by atoms with van der Waals surface area (Å²) in [6, 6.07) is 4.01. The van der Waals surface area contributed by atoms with E-state index in [1.54, 1.807) is 40.9 Å². The number of fused-ring (bicyclic) bond motifs is 1. The van der Waals surface area contributed by atoms with Crippen LogP contribution >= 0.6 is 34.9 Å². The summed E-state index contributed by atoms with van der Waals surface area (Å²) < 4.78 is 1.23. The number of aromatic nitrogens is 3. The third-order valence-corrected chi connectivity index (χ3v) is 6.45. The number of hydrogen-bond donors (Lipinski definition) is 1. The van der Waals surface area contributed by atoms with E-state index < -0.39 is 0 Å². The van der Waals surface area contributed by atoms with Crippen molar-refractivity contribution in [2.75, 3.05) is 12.0 Å². The van der Waals surface area contributed by atoms with Gasteiger partial charge in [0, 0.05) is 12.3 Å². The van der Waals surface area contributed by atoms with Crippen LogP contribution in [0.2, 0.25) is 0 Å². The molecule has 132 valence electrons. The van der Waals surface area contributed by atoms with Crippen LogP contribution in [0.15, 0.2) is 33.9 Å².